The molecule has 0 aliphatic carbocycles. The predicted molar refractivity (Wildman–Crippen MR) is 113 cm³/mol. The standard InChI is InChI=1S/C23H24N2O5/c1-15(29-20-12-10-19(28-3)11-13-20)22(26)24-25-23(27)16(2)30-21-9-8-17-6-4-5-7-18(17)14-21/h4-16H,1-3H3,(H,24,26)(H,25,27)/t15-,16+/m1/s1. The van der Waals surface area contributed by atoms with Crippen molar-refractivity contribution in [1.29, 1.82) is 0 Å². The molecule has 0 saturated carbocycles. The van der Waals surface area contributed by atoms with Gasteiger partial charge in [0.15, 0.2) is 12.2 Å². The summed E-state index contributed by atoms with van der Waals surface area (Å²) in [6.07, 6.45) is -1.61. The average molecular weight is 408 g/mol. The topological polar surface area (TPSA) is 85.9 Å². The summed E-state index contributed by atoms with van der Waals surface area (Å²) in [6, 6.07) is 20.3. The average Bonchev–Trinajstić information content (AvgIpc) is 2.77. The summed E-state index contributed by atoms with van der Waals surface area (Å²) in [5.74, 6) is 0.800. The van der Waals surface area contributed by atoms with Gasteiger partial charge in [0.05, 0.1) is 7.11 Å². The highest BCUT2D eigenvalue weighted by atomic mass is 16.5. The van der Waals surface area contributed by atoms with Crippen molar-refractivity contribution in [1.82, 2.24) is 10.9 Å². The summed E-state index contributed by atoms with van der Waals surface area (Å²) in [5.41, 5.74) is 4.71. The molecule has 3 rings (SSSR count). The lowest BCUT2D eigenvalue weighted by atomic mass is 10.1. The van der Waals surface area contributed by atoms with Gasteiger partial charge < -0.3 is 14.2 Å². The van der Waals surface area contributed by atoms with Crippen LogP contribution >= 0.6 is 0 Å². The molecule has 0 fully saturated rings. The number of nitrogens with one attached hydrogen (secondary N) is 2. The van der Waals surface area contributed by atoms with Crippen LogP contribution in [-0.2, 0) is 9.59 Å². The van der Waals surface area contributed by atoms with Crippen LogP contribution in [0.4, 0.5) is 0 Å². The van der Waals surface area contributed by atoms with Crippen LogP contribution < -0.4 is 25.1 Å². The van der Waals surface area contributed by atoms with E-state index in [0.29, 0.717) is 17.2 Å². The summed E-state index contributed by atoms with van der Waals surface area (Å²) in [4.78, 5) is 24.4. The lowest BCUT2D eigenvalue weighted by molar-refractivity contribution is -0.135. The number of hydrogen-bond donors (Lipinski definition) is 2. The molecular weight excluding hydrogens is 384 g/mol. The third-order valence-corrected chi connectivity index (χ3v) is 4.45. The van der Waals surface area contributed by atoms with E-state index in [4.69, 9.17) is 14.2 Å². The van der Waals surface area contributed by atoms with Crippen molar-refractivity contribution in [3.63, 3.8) is 0 Å². The second-order valence-electron chi connectivity index (χ2n) is 6.68. The fourth-order valence-corrected chi connectivity index (χ4v) is 2.74. The Labute approximate surface area is 174 Å². The zero-order valence-corrected chi connectivity index (χ0v) is 17.0. The third-order valence-electron chi connectivity index (χ3n) is 4.45. The lowest BCUT2D eigenvalue weighted by Crippen LogP contribution is -2.50. The first-order valence-electron chi connectivity index (χ1n) is 9.52. The van der Waals surface area contributed by atoms with Crippen LogP contribution in [0.15, 0.2) is 66.7 Å². The molecule has 30 heavy (non-hydrogen) atoms. The van der Waals surface area contributed by atoms with Gasteiger partial charge in [-0.05, 0) is 61.0 Å². The summed E-state index contributed by atoms with van der Waals surface area (Å²) in [5, 5.41) is 2.10. The van der Waals surface area contributed by atoms with E-state index in [2.05, 4.69) is 10.9 Å². The van der Waals surface area contributed by atoms with Gasteiger partial charge in [0.25, 0.3) is 11.8 Å². The number of carbonyl (C=O) groups excluding carboxylic acids is 2. The normalized spacial score (nSPS) is 12.5. The van der Waals surface area contributed by atoms with Gasteiger partial charge in [-0.2, -0.15) is 0 Å². The van der Waals surface area contributed by atoms with E-state index in [0.717, 1.165) is 10.8 Å². The molecule has 3 aromatic rings. The first-order chi connectivity index (χ1) is 14.5. The summed E-state index contributed by atoms with van der Waals surface area (Å²) < 4.78 is 16.3. The molecule has 0 aliphatic rings. The van der Waals surface area contributed by atoms with Gasteiger partial charge in [-0.15, -0.1) is 0 Å². The van der Waals surface area contributed by atoms with Crippen LogP contribution in [0, 0.1) is 0 Å². The van der Waals surface area contributed by atoms with Crippen molar-refractivity contribution in [3.05, 3.63) is 66.7 Å². The van der Waals surface area contributed by atoms with Crippen molar-refractivity contribution in [3.8, 4) is 17.2 Å². The smallest absolute Gasteiger partial charge is 0.279 e. The van der Waals surface area contributed by atoms with Crippen molar-refractivity contribution in [2.24, 2.45) is 0 Å². The Kier molecular flexibility index (Phi) is 6.75. The Hall–Kier alpha value is -3.74. The number of methoxy groups -OCH3 is 1. The lowest BCUT2D eigenvalue weighted by Gasteiger charge is -2.18. The Balaban J connectivity index is 1.48. The molecule has 0 aromatic heterocycles. The fourth-order valence-electron chi connectivity index (χ4n) is 2.74. The molecule has 2 N–H and O–H groups in total. The molecule has 0 bridgehead atoms. The molecule has 0 aliphatic heterocycles. The highest BCUT2D eigenvalue weighted by Crippen LogP contribution is 2.21. The molecule has 2 amide bonds. The number of carbonyl (C=O) groups is 2. The summed E-state index contributed by atoms with van der Waals surface area (Å²) in [7, 11) is 1.57. The predicted octanol–water partition coefficient (Wildman–Crippen LogP) is 3.23. The zero-order chi connectivity index (χ0) is 21.5. The van der Waals surface area contributed by atoms with Crippen LogP contribution in [0.5, 0.6) is 17.2 Å². The van der Waals surface area contributed by atoms with E-state index in [-0.39, 0.29) is 0 Å². The van der Waals surface area contributed by atoms with Crippen molar-refractivity contribution in [2.45, 2.75) is 26.1 Å². The summed E-state index contributed by atoms with van der Waals surface area (Å²) in [6.45, 7) is 3.19. The van der Waals surface area contributed by atoms with Gasteiger partial charge in [0, 0.05) is 0 Å². The minimum absolute atomic E-state index is 0.479. The molecule has 0 spiro atoms. The number of amides is 2. The first-order valence-corrected chi connectivity index (χ1v) is 9.52. The maximum absolute atomic E-state index is 12.3. The molecule has 3 aromatic carbocycles. The maximum Gasteiger partial charge on any atom is 0.279 e. The Bertz CT molecular complexity index is 1020. The van der Waals surface area contributed by atoms with Crippen LogP contribution in [0.3, 0.4) is 0 Å². The highest BCUT2D eigenvalue weighted by Gasteiger charge is 2.19. The van der Waals surface area contributed by atoms with E-state index < -0.39 is 24.0 Å². The van der Waals surface area contributed by atoms with Gasteiger partial charge in [0.2, 0.25) is 0 Å². The van der Waals surface area contributed by atoms with E-state index in [1.807, 2.05) is 36.4 Å². The van der Waals surface area contributed by atoms with Gasteiger partial charge >= 0.3 is 0 Å². The molecule has 0 radical (unpaired) electrons. The van der Waals surface area contributed by atoms with Crippen LogP contribution in [0.1, 0.15) is 13.8 Å². The minimum Gasteiger partial charge on any atom is -0.497 e. The zero-order valence-electron chi connectivity index (χ0n) is 17.0. The number of hydrogen-bond acceptors (Lipinski definition) is 5. The number of hydrazine groups is 1. The molecule has 0 unspecified atom stereocenters. The second-order valence-corrected chi connectivity index (χ2v) is 6.68. The quantitative estimate of drug-likeness (QED) is 0.586. The van der Waals surface area contributed by atoms with E-state index in [1.165, 1.54) is 0 Å². The number of fused-ring (bicyclic) bond motifs is 1. The maximum atomic E-state index is 12.3. The molecule has 2 atom stereocenters. The van der Waals surface area contributed by atoms with Crippen LogP contribution in [0.2, 0.25) is 0 Å². The van der Waals surface area contributed by atoms with Crippen molar-refractivity contribution >= 4 is 22.6 Å². The van der Waals surface area contributed by atoms with Crippen molar-refractivity contribution in [2.75, 3.05) is 7.11 Å². The molecule has 7 nitrogen and oxygen atoms in total. The summed E-state index contributed by atoms with van der Waals surface area (Å²) >= 11 is 0. The third kappa shape index (κ3) is 5.41. The number of benzene rings is 3. The first kappa shape index (κ1) is 21.0. The van der Waals surface area contributed by atoms with Gasteiger partial charge in [-0.1, -0.05) is 30.3 Å². The van der Waals surface area contributed by atoms with E-state index in [1.54, 1.807) is 51.3 Å². The fraction of sp³-hybridized carbons (Fsp3) is 0.217. The molecule has 7 heteroatoms. The Morgan fingerprint density at radius 2 is 1.20 bits per heavy atom. The number of rotatable bonds is 7. The molecule has 156 valence electrons. The minimum atomic E-state index is -0.810. The van der Waals surface area contributed by atoms with E-state index >= 15 is 0 Å². The molecular formula is C23H24N2O5. The Morgan fingerprint density at radius 1 is 0.700 bits per heavy atom. The monoisotopic (exact) mass is 408 g/mol. The molecule has 0 saturated heterocycles. The highest BCUT2D eigenvalue weighted by molar-refractivity contribution is 5.87. The second kappa shape index (κ2) is 9.65. The van der Waals surface area contributed by atoms with Gasteiger partial charge in [-0.3, -0.25) is 20.4 Å². The van der Waals surface area contributed by atoms with Gasteiger partial charge in [0.1, 0.15) is 17.2 Å². The SMILES string of the molecule is COc1ccc(O[C@H](C)C(=O)NNC(=O)[C@H](C)Oc2ccc3ccccc3c2)cc1. The van der Waals surface area contributed by atoms with Crippen LogP contribution in [0.25, 0.3) is 10.8 Å². The van der Waals surface area contributed by atoms with Gasteiger partial charge in [-0.25, -0.2) is 0 Å². The largest absolute Gasteiger partial charge is 0.497 e. The molecule has 0 heterocycles. The van der Waals surface area contributed by atoms with E-state index in [9.17, 15) is 9.59 Å². The Morgan fingerprint density at radius 3 is 1.80 bits per heavy atom. The number of ether oxygens (including phenoxy) is 3. The van der Waals surface area contributed by atoms with Crippen molar-refractivity contribution < 1.29 is 23.8 Å². The van der Waals surface area contributed by atoms with Crippen LogP contribution in [-0.4, -0.2) is 31.1 Å².